The molecular weight excluding hydrogens is 376 g/mol. The van der Waals surface area contributed by atoms with Crippen LogP contribution in [0, 0.1) is 6.92 Å². The van der Waals surface area contributed by atoms with E-state index in [4.69, 9.17) is 0 Å². The Balaban J connectivity index is 1.32. The Kier molecular flexibility index (Phi) is 6.26. The lowest BCUT2D eigenvalue weighted by molar-refractivity contribution is 0.0792. The van der Waals surface area contributed by atoms with Crippen LogP contribution in [-0.2, 0) is 13.1 Å². The fourth-order valence-corrected chi connectivity index (χ4v) is 3.79. The summed E-state index contributed by atoms with van der Waals surface area (Å²) < 4.78 is 1.78. The first kappa shape index (κ1) is 20.3. The van der Waals surface area contributed by atoms with Gasteiger partial charge in [-0.1, -0.05) is 42.5 Å². The molecule has 2 N–H and O–H groups in total. The first-order valence-corrected chi connectivity index (χ1v) is 10.5. The summed E-state index contributed by atoms with van der Waals surface area (Å²) in [6.07, 6.45) is 1.56. The van der Waals surface area contributed by atoms with Crippen LogP contribution in [0.2, 0.25) is 0 Å². The third-order valence-corrected chi connectivity index (χ3v) is 5.56. The molecule has 30 heavy (non-hydrogen) atoms. The zero-order valence-electron chi connectivity index (χ0n) is 17.3. The Labute approximate surface area is 177 Å². The van der Waals surface area contributed by atoms with Gasteiger partial charge in [0.2, 0.25) is 0 Å². The molecule has 0 radical (unpaired) electrons. The van der Waals surface area contributed by atoms with Gasteiger partial charge in [-0.25, -0.2) is 4.68 Å². The number of aromatic nitrogens is 2. The summed E-state index contributed by atoms with van der Waals surface area (Å²) in [6.45, 7) is 5.18. The van der Waals surface area contributed by atoms with E-state index in [1.165, 1.54) is 5.56 Å². The van der Waals surface area contributed by atoms with Crippen molar-refractivity contribution in [3.8, 4) is 5.69 Å². The minimum absolute atomic E-state index is 0.143. The van der Waals surface area contributed by atoms with Gasteiger partial charge in [0.1, 0.15) is 0 Å². The molecule has 2 aromatic carbocycles. The molecule has 3 aromatic rings. The monoisotopic (exact) mass is 404 g/mol. The van der Waals surface area contributed by atoms with E-state index in [1.54, 1.807) is 10.7 Å². The molecule has 1 saturated heterocycles. The molecule has 0 bridgehead atoms. The largest absolute Gasteiger partial charge is 0.393 e. The Bertz CT molecular complexity index is 974. The number of rotatable bonds is 6. The van der Waals surface area contributed by atoms with Crippen LogP contribution < -0.4 is 5.32 Å². The zero-order valence-corrected chi connectivity index (χ0v) is 17.3. The van der Waals surface area contributed by atoms with E-state index < -0.39 is 0 Å². The molecule has 2 heterocycles. The van der Waals surface area contributed by atoms with E-state index in [2.05, 4.69) is 39.6 Å². The van der Waals surface area contributed by atoms with Crippen molar-refractivity contribution in [2.75, 3.05) is 13.1 Å². The van der Waals surface area contributed by atoms with Crippen LogP contribution in [0.5, 0.6) is 0 Å². The van der Waals surface area contributed by atoms with Gasteiger partial charge >= 0.3 is 0 Å². The predicted molar refractivity (Wildman–Crippen MR) is 116 cm³/mol. The Morgan fingerprint density at radius 1 is 1.07 bits per heavy atom. The summed E-state index contributed by atoms with van der Waals surface area (Å²) in [6, 6.07) is 19.9. The molecule has 4 rings (SSSR count). The minimum atomic E-state index is -0.177. The molecule has 1 amide bonds. The topological polar surface area (TPSA) is 70.4 Å². The Morgan fingerprint density at radius 3 is 2.43 bits per heavy atom. The van der Waals surface area contributed by atoms with Gasteiger partial charge in [-0.15, -0.1) is 0 Å². The quantitative estimate of drug-likeness (QED) is 0.662. The first-order valence-electron chi connectivity index (χ1n) is 10.5. The van der Waals surface area contributed by atoms with Gasteiger partial charge in [-0.05, 0) is 49.1 Å². The smallest absolute Gasteiger partial charge is 0.272 e. The van der Waals surface area contributed by atoms with Crippen molar-refractivity contribution in [1.82, 2.24) is 20.0 Å². The van der Waals surface area contributed by atoms with E-state index in [1.807, 2.05) is 37.3 Å². The van der Waals surface area contributed by atoms with E-state index in [-0.39, 0.29) is 12.0 Å². The van der Waals surface area contributed by atoms with Gasteiger partial charge in [0.05, 0.1) is 11.8 Å². The normalized spacial score (nSPS) is 15.3. The molecule has 0 atom stereocenters. The second-order valence-corrected chi connectivity index (χ2v) is 7.92. The van der Waals surface area contributed by atoms with E-state index in [0.29, 0.717) is 12.2 Å². The second kappa shape index (κ2) is 9.24. The van der Waals surface area contributed by atoms with Gasteiger partial charge in [-0.2, -0.15) is 5.10 Å². The number of piperidine rings is 1. The molecule has 0 saturated carbocycles. The lowest BCUT2D eigenvalue weighted by Gasteiger charge is -2.29. The number of aliphatic hydroxyl groups excluding tert-OH is 1. The van der Waals surface area contributed by atoms with Crippen LogP contribution in [0.4, 0.5) is 0 Å². The molecule has 156 valence electrons. The summed E-state index contributed by atoms with van der Waals surface area (Å²) in [4.78, 5) is 14.9. The number of aryl methyl sites for hydroxylation is 1. The highest BCUT2D eigenvalue weighted by molar-refractivity contribution is 5.92. The number of aliphatic hydroxyl groups is 1. The summed E-state index contributed by atoms with van der Waals surface area (Å²) in [5.41, 5.74) is 4.58. The third-order valence-electron chi connectivity index (χ3n) is 5.56. The first-order chi connectivity index (χ1) is 14.6. The lowest BCUT2D eigenvalue weighted by atomic mass is 10.1. The van der Waals surface area contributed by atoms with Crippen molar-refractivity contribution in [1.29, 1.82) is 0 Å². The highest BCUT2D eigenvalue weighted by Crippen LogP contribution is 2.15. The summed E-state index contributed by atoms with van der Waals surface area (Å²) in [7, 11) is 0. The molecular formula is C24H28N4O2. The number of para-hydroxylation sites is 1. The van der Waals surface area contributed by atoms with Crippen molar-refractivity contribution in [3.63, 3.8) is 0 Å². The maximum Gasteiger partial charge on any atom is 0.272 e. The predicted octanol–water partition coefficient (Wildman–Crippen LogP) is 3.07. The Morgan fingerprint density at radius 2 is 1.73 bits per heavy atom. The SMILES string of the molecule is Cc1cc(C(=O)NCc2ccc(CN3CCC(O)CC3)cc2)nn1-c1ccccc1. The maximum absolute atomic E-state index is 12.6. The molecule has 6 heteroatoms. The Hall–Kier alpha value is -2.96. The molecule has 0 spiro atoms. The summed E-state index contributed by atoms with van der Waals surface area (Å²) >= 11 is 0. The van der Waals surface area contributed by atoms with E-state index >= 15 is 0 Å². The van der Waals surface area contributed by atoms with Crippen molar-refractivity contribution in [2.24, 2.45) is 0 Å². The van der Waals surface area contributed by atoms with Crippen LogP contribution >= 0.6 is 0 Å². The average Bonchev–Trinajstić information content (AvgIpc) is 3.17. The molecule has 6 nitrogen and oxygen atoms in total. The number of hydrogen-bond acceptors (Lipinski definition) is 4. The second-order valence-electron chi connectivity index (χ2n) is 7.92. The van der Waals surface area contributed by atoms with Gasteiger partial charge in [0, 0.05) is 31.9 Å². The third kappa shape index (κ3) is 4.96. The maximum atomic E-state index is 12.6. The molecule has 0 unspecified atom stereocenters. The molecule has 0 aliphatic carbocycles. The van der Waals surface area contributed by atoms with Crippen LogP contribution in [-0.4, -0.2) is 44.9 Å². The number of amides is 1. The minimum Gasteiger partial charge on any atom is -0.393 e. The number of benzene rings is 2. The van der Waals surface area contributed by atoms with E-state index in [0.717, 1.165) is 49.4 Å². The number of carbonyl (C=O) groups is 1. The van der Waals surface area contributed by atoms with Crippen molar-refractivity contribution < 1.29 is 9.90 Å². The lowest BCUT2D eigenvalue weighted by Crippen LogP contribution is -2.35. The average molecular weight is 405 g/mol. The fraction of sp³-hybridized carbons (Fsp3) is 0.333. The van der Waals surface area contributed by atoms with Gasteiger partial charge in [0.25, 0.3) is 5.91 Å². The van der Waals surface area contributed by atoms with Gasteiger partial charge < -0.3 is 10.4 Å². The number of nitrogens with one attached hydrogen (secondary N) is 1. The number of carbonyl (C=O) groups excluding carboxylic acids is 1. The van der Waals surface area contributed by atoms with Gasteiger partial charge in [0.15, 0.2) is 5.69 Å². The number of hydrogen-bond donors (Lipinski definition) is 2. The molecule has 1 aromatic heterocycles. The highest BCUT2D eigenvalue weighted by atomic mass is 16.3. The number of likely N-dealkylation sites (tertiary alicyclic amines) is 1. The highest BCUT2D eigenvalue weighted by Gasteiger charge is 2.17. The van der Waals surface area contributed by atoms with Crippen LogP contribution in [0.1, 0.15) is 40.2 Å². The summed E-state index contributed by atoms with van der Waals surface area (Å²) in [5, 5.41) is 17.0. The molecule has 1 aliphatic rings. The number of nitrogens with zero attached hydrogens (tertiary/aromatic N) is 3. The molecule has 1 aliphatic heterocycles. The van der Waals surface area contributed by atoms with Crippen molar-refractivity contribution >= 4 is 5.91 Å². The van der Waals surface area contributed by atoms with E-state index in [9.17, 15) is 9.90 Å². The summed E-state index contributed by atoms with van der Waals surface area (Å²) in [5.74, 6) is -0.177. The van der Waals surface area contributed by atoms with Gasteiger partial charge in [-0.3, -0.25) is 9.69 Å². The van der Waals surface area contributed by atoms with Crippen LogP contribution in [0.3, 0.4) is 0 Å². The zero-order chi connectivity index (χ0) is 20.9. The standard InChI is InChI=1S/C24H28N4O2/c1-18-15-23(26-28(18)21-5-3-2-4-6-21)24(30)25-16-19-7-9-20(10-8-19)17-27-13-11-22(29)12-14-27/h2-10,15,22,29H,11-14,16-17H2,1H3,(H,25,30). The van der Waals surface area contributed by atoms with Crippen molar-refractivity contribution in [2.45, 2.75) is 39.0 Å². The van der Waals surface area contributed by atoms with Crippen LogP contribution in [0.15, 0.2) is 60.7 Å². The van der Waals surface area contributed by atoms with Crippen molar-refractivity contribution in [3.05, 3.63) is 83.2 Å². The van der Waals surface area contributed by atoms with Crippen LogP contribution in [0.25, 0.3) is 5.69 Å². The fourth-order valence-electron chi connectivity index (χ4n) is 3.79. The molecule has 1 fully saturated rings.